The first kappa shape index (κ1) is 16.3. The Labute approximate surface area is 145 Å². The largest absolute Gasteiger partial charge is 0.461 e. The minimum atomic E-state index is -0.325. The molecule has 2 aromatic rings. The fourth-order valence-electron chi connectivity index (χ4n) is 2.53. The van der Waals surface area contributed by atoms with Crippen LogP contribution < -0.4 is 10.6 Å². The molecule has 2 aromatic carbocycles. The molecule has 1 amide bonds. The molecule has 1 saturated heterocycles. The predicted octanol–water partition coefficient (Wildman–Crippen LogP) is 3.71. The maximum Gasteiger partial charge on any atom is 0.328 e. The monoisotopic (exact) mass is 344 g/mol. The summed E-state index contributed by atoms with van der Waals surface area (Å²) in [6.45, 7) is 1.87. The van der Waals surface area contributed by atoms with E-state index in [0.717, 1.165) is 5.69 Å². The van der Waals surface area contributed by atoms with E-state index in [9.17, 15) is 9.59 Å². The summed E-state index contributed by atoms with van der Waals surface area (Å²) in [5.41, 5.74) is 2.00. The summed E-state index contributed by atoms with van der Waals surface area (Å²) < 4.78 is 5.11. The maximum absolute atomic E-state index is 12.1. The van der Waals surface area contributed by atoms with Crippen molar-refractivity contribution in [2.24, 2.45) is 0 Å². The lowest BCUT2D eigenvalue weighted by Gasteiger charge is -2.11. The summed E-state index contributed by atoms with van der Waals surface area (Å²) in [4.78, 5) is 23.8. The third-order valence-corrected chi connectivity index (χ3v) is 4.01. The van der Waals surface area contributed by atoms with Gasteiger partial charge in [-0.25, -0.2) is 4.79 Å². The van der Waals surface area contributed by atoms with E-state index in [1.807, 2.05) is 19.1 Å². The van der Waals surface area contributed by atoms with Crippen LogP contribution in [0.2, 0.25) is 5.02 Å². The minimum Gasteiger partial charge on any atom is -0.461 e. The van der Waals surface area contributed by atoms with Crippen LogP contribution in [0.1, 0.15) is 23.7 Å². The van der Waals surface area contributed by atoms with Crippen molar-refractivity contribution in [3.05, 3.63) is 59.1 Å². The van der Waals surface area contributed by atoms with Gasteiger partial charge in [-0.3, -0.25) is 4.79 Å². The molecule has 3 rings (SSSR count). The van der Waals surface area contributed by atoms with Crippen LogP contribution >= 0.6 is 11.6 Å². The van der Waals surface area contributed by atoms with Gasteiger partial charge in [-0.1, -0.05) is 11.6 Å². The Morgan fingerprint density at radius 1 is 1.08 bits per heavy atom. The first-order valence-electron chi connectivity index (χ1n) is 7.65. The second kappa shape index (κ2) is 6.93. The molecule has 124 valence electrons. The Morgan fingerprint density at radius 2 is 1.71 bits per heavy atom. The van der Waals surface area contributed by atoms with Crippen molar-refractivity contribution in [2.45, 2.75) is 25.5 Å². The molecule has 0 unspecified atom stereocenters. The topological polar surface area (TPSA) is 67.4 Å². The lowest BCUT2D eigenvalue weighted by Crippen LogP contribution is -2.24. The number of carbonyl (C=O) groups excluding carboxylic acids is 2. The first-order chi connectivity index (χ1) is 11.5. The molecule has 1 aliphatic rings. The molecule has 5 nitrogen and oxygen atoms in total. The van der Waals surface area contributed by atoms with Crippen LogP contribution in [-0.4, -0.2) is 24.0 Å². The van der Waals surface area contributed by atoms with E-state index in [-0.39, 0.29) is 24.0 Å². The summed E-state index contributed by atoms with van der Waals surface area (Å²) in [6, 6.07) is 13.5. The highest BCUT2D eigenvalue weighted by Crippen LogP contribution is 2.21. The molecule has 6 heteroatoms. The zero-order valence-electron chi connectivity index (χ0n) is 13.1. The second-order valence-corrected chi connectivity index (χ2v) is 6.15. The van der Waals surface area contributed by atoms with Crippen molar-refractivity contribution in [2.75, 3.05) is 10.6 Å². The van der Waals surface area contributed by atoms with Gasteiger partial charge < -0.3 is 15.4 Å². The highest BCUT2D eigenvalue weighted by Gasteiger charge is 2.31. The van der Waals surface area contributed by atoms with Gasteiger partial charge in [-0.05, 0) is 55.5 Å². The lowest BCUT2D eigenvalue weighted by atomic mass is 10.1. The fraction of sp³-hybridized carbons (Fsp3) is 0.222. The Balaban J connectivity index is 1.61. The smallest absolute Gasteiger partial charge is 0.328 e. The maximum atomic E-state index is 12.1. The van der Waals surface area contributed by atoms with E-state index in [0.29, 0.717) is 22.7 Å². The number of rotatable bonds is 4. The van der Waals surface area contributed by atoms with Gasteiger partial charge in [0, 0.05) is 28.4 Å². The fourth-order valence-corrected chi connectivity index (χ4v) is 2.66. The van der Waals surface area contributed by atoms with Gasteiger partial charge in [0.25, 0.3) is 5.91 Å². The Hall–Kier alpha value is -2.53. The van der Waals surface area contributed by atoms with Crippen LogP contribution in [0.5, 0.6) is 0 Å². The molecule has 2 atom stereocenters. The van der Waals surface area contributed by atoms with Crippen molar-refractivity contribution >= 4 is 34.9 Å². The van der Waals surface area contributed by atoms with Crippen LogP contribution in [0.3, 0.4) is 0 Å². The highest BCUT2D eigenvalue weighted by molar-refractivity contribution is 6.30. The summed E-state index contributed by atoms with van der Waals surface area (Å²) in [5, 5.41) is 6.54. The number of nitrogens with one attached hydrogen (secondary N) is 2. The average Bonchev–Trinajstić information content (AvgIpc) is 2.87. The molecule has 0 radical (unpaired) electrons. The zero-order chi connectivity index (χ0) is 17.1. The van der Waals surface area contributed by atoms with Gasteiger partial charge in [-0.2, -0.15) is 0 Å². The quantitative estimate of drug-likeness (QED) is 0.830. The number of carbonyl (C=O) groups is 2. The third kappa shape index (κ3) is 3.86. The molecule has 1 aliphatic heterocycles. The van der Waals surface area contributed by atoms with E-state index >= 15 is 0 Å². The number of esters is 1. The number of cyclic esters (lactones) is 1. The second-order valence-electron chi connectivity index (χ2n) is 5.72. The van der Waals surface area contributed by atoms with Crippen molar-refractivity contribution < 1.29 is 14.3 Å². The Kier molecular flexibility index (Phi) is 4.71. The molecule has 0 aliphatic carbocycles. The summed E-state index contributed by atoms with van der Waals surface area (Å²) in [7, 11) is 0. The van der Waals surface area contributed by atoms with Crippen LogP contribution in [0.15, 0.2) is 48.5 Å². The van der Waals surface area contributed by atoms with E-state index in [1.165, 1.54) is 0 Å². The van der Waals surface area contributed by atoms with E-state index in [2.05, 4.69) is 10.6 Å². The van der Waals surface area contributed by atoms with Gasteiger partial charge in [0.2, 0.25) is 0 Å². The number of hydrogen-bond acceptors (Lipinski definition) is 4. The van der Waals surface area contributed by atoms with Gasteiger partial charge in [0.15, 0.2) is 0 Å². The van der Waals surface area contributed by atoms with Crippen molar-refractivity contribution in [3.8, 4) is 0 Å². The highest BCUT2D eigenvalue weighted by atomic mass is 35.5. The molecule has 2 N–H and O–H groups in total. The van der Waals surface area contributed by atoms with Gasteiger partial charge in [0.1, 0.15) is 12.1 Å². The van der Waals surface area contributed by atoms with Gasteiger partial charge >= 0.3 is 5.97 Å². The average molecular weight is 345 g/mol. The number of halogens is 1. The summed E-state index contributed by atoms with van der Waals surface area (Å²) >= 11 is 5.81. The van der Waals surface area contributed by atoms with Crippen LogP contribution in [-0.2, 0) is 9.53 Å². The number of anilines is 2. The first-order valence-corrected chi connectivity index (χ1v) is 8.03. The molecule has 0 spiro atoms. The van der Waals surface area contributed by atoms with Gasteiger partial charge in [0.05, 0.1) is 0 Å². The zero-order valence-corrected chi connectivity index (χ0v) is 13.8. The normalized spacial score (nSPS) is 19.7. The van der Waals surface area contributed by atoms with E-state index in [1.54, 1.807) is 36.4 Å². The third-order valence-electron chi connectivity index (χ3n) is 3.76. The number of hydrogen-bond donors (Lipinski definition) is 2. The van der Waals surface area contributed by atoms with Crippen LogP contribution in [0.25, 0.3) is 0 Å². The van der Waals surface area contributed by atoms with Crippen LogP contribution in [0, 0.1) is 0 Å². The summed E-state index contributed by atoms with van der Waals surface area (Å²) in [5.74, 6) is -0.441. The SMILES string of the molecule is C[C@H]1C[C@H](Nc2ccc(NC(=O)c3ccc(Cl)cc3)cc2)C(=O)O1. The number of benzene rings is 2. The molecule has 0 aromatic heterocycles. The Bertz CT molecular complexity index is 744. The number of ether oxygens (including phenoxy) is 1. The molecule has 0 saturated carbocycles. The van der Waals surface area contributed by atoms with E-state index in [4.69, 9.17) is 16.3 Å². The van der Waals surface area contributed by atoms with Crippen LogP contribution in [0.4, 0.5) is 11.4 Å². The molecular weight excluding hydrogens is 328 g/mol. The summed E-state index contributed by atoms with van der Waals surface area (Å²) in [6.07, 6.45) is 0.585. The molecule has 24 heavy (non-hydrogen) atoms. The number of amides is 1. The minimum absolute atomic E-state index is 0.0621. The molecule has 0 bridgehead atoms. The molecule has 1 heterocycles. The molecule has 1 fully saturated rings. The van der Waals surface area contributed by atoms with Crippen molar-refractivity contribution in [1.29, 1.82) is 0 Å². The van der Waals surface area contributed by atoms with Gasteiger partial charge in [-0.15, -0.1) is 0 Å². The standard InChI is InChI=1S/C18H17ClN2O3/c1-11-10-16(18(23)24-11)20-14-6-8-15(9-7-14)21-17(22)12-2-4-13(19)5-3-12/h2-9,11,16,20H,10H2,1H3,(H,21,22)/t11-,16-/m0/s1. The Morgan fingerprint density at radius 3 is 2.29 bits per heavy atom. The molecular formula is C18H17ClN2O3. The van der Waals surface area contributed by atoms with E-state index < -0.39 is 0 Å². The lowest BCUT2D eigenvalue weighted by molar-refractivity contribution is -0.141. The predicted molar refractivity (Wildman–Crippen MR) is 93.4 cm³/mol. The van der Waals surface area contributed by atoms with Crippen molar-refractivity contribution in [1.82, 2.24) is 0 Å². The van der Waals surface area contributed by atoms with Crippen molar-refractivity contribution in [3.63, 3.8) is 0 Å².